The van der Waals surface area contributed by atoms with E-state index in [0.717, 1.165) is 12.1 Å². The first-order valence-corrected chi connectivity index (χ1v) is 9.29. The third kappa shape index (κ3) is 3.61. The summed E-state index contributed by atoms with van der Waals surface area (Å²) < 4.78 is 2.31. The highest BCUT2D eigenvalue weighted by Gasteiger charge is 2.14. The number of fused-ring (bicyclic) bond motifs is 1. The van der Waals surface area contributed by atoms with E-state index in [9.17, 15) is 0 Å². The molecule has 1 aliphatic rings. The zero-order valence-corrected chi connectivity index (χ0v) is 15.3. The van der Waals surface area contributed by atoms with Gasteiger partial charge in [0.25, 0.3) is 0 Å². The lowest BCUT2D eigenvalue weighted by molar-refractivity contribution is 0.412. The molecule has 0 saturated heterocycles. The Balaban J connectivity index is 1.69. The molecule has 0 bridgehead atoms. The standard InChI is InChI=1S/C19H26N4S/c1-3-23-14(2)17(16-11-7-8-12-18(16)23)13-20-22-19(24)21-15-9-5-4-6-10-15/h7-8,11-13,15H,3-6,9-10H2,1-2H3,(H2,21,22,24)/b20-13-. The molecule has 1 fully saturated rings. The Morgan fingerprint density at radius 1 is 1.29 bits per heavy atom. The monoisotopic (exact) mass is 342 g/mol. The van der Waals surface area contributed by atoms with Crippen LogP contribution >= 0.6 is 12.2 Å². The molecule has 0 spiro atoms. The lowest BCUT2D eigenvalue weighted by Gasteiger charge is -2.23. The number of benzene rings is 1. The molecule has 3 rings (SSSR count). The van der Waals surface area contributed by atoms with E-state index in [0.29, 0.717) is 11.2 Å². The maximum absolute atomic E-state index is 5.37. The predicted molar refractivity (Wildman–Crippen MR) is 106 cm³/mol. The number of aromatic nitrogens is 1. The topological polar surface area (TPSA) is 41.4 Å². The zero-order chi connectivity index (χ0) is 16.9. The molecule has 1 aliphatic carbocycles. The van der Waals surface area contributed by atoms with Gasteiger partial charge >= 0.3 is 0 Å². The maximum atomic E-state index is 5.37. The van der Waals surface area contributed by atoms with Crippen LogP contribution in [-0.2, 0) is 6.54 Å². The fraction of sp³-hybridized carbons (Fsp3) is 0.474. The third-order valence-corrected chi connectivity index (χ3v) is 5.11. The second-order valence-corrected chi connectivity index (χ2v) is 6.85. The molecule has 24 heavy (non-hydrogen) atoms. The van der Waals surface area contributed by atoms with Crippen molar-refractivity contribution in [3.8, 4) is 0 Å². The molecular formula is C19H26N4S. The van der Waals surface area contributed by atoms with E-state index < -0.39 is 0 Å². The van der Waals surface area contributed by atoms with Gasteiger partial charge in [-0.3, -0.25) is 5.43 Å². The van der Waals surface area contributed by atoms with Crippen LogP contribution in [0.3, 0.4) is 0 Å². The summed E-state index contributed by atoms with van der Waals surface area (Å²) in [6.07, 6.45) is 8.22. The van der Waals surface area contributed by atoms with Gasteiger partial charge in [0, 0.05) is 34.7 Å². The largest absolute Gasteiger partial charge is 0.359 e. The third-order valence-electron chi connectivity index (χ3n) is 4.90. The van der Waals surface area contributed by atoms with Crippen LogP contribution in [0.2, 0.25) is 0 Å². The van der Waals surface area contributed by atoms with Crippen LogP contribution in [0.15, 0.2) is 29.4 Å². The minimum absolute atomic E-state index is 0.498. The fourth-order valence-electron chi connectivity index (χ4n) is 3.65. The minimum atomic E-state index is 0.498. The maximum Gasteiger partial charge on any atom is 0.187 e. The van der Waals surface area contributed by atoms with Gasteiger partial charge in [-0.05, 0) is 45.0 Å². The highest BCUT2D eigenvalue weighted by atomic mass is 32.1. The minimum Gasteiger partial charge on any atom is -0.359 e. The molecule has 0 atom stereocenters. The number of nitrogens with zero attached hydrogens (tertiary/aromatic N) is 2. The zero-order valence-electron chi connectivity index (χ0n) is 14.5. The molecule has 0 radical (unpaired) electrons. The number of hydrogen-bond acceptors (Lipinski definition) is 2. The van der Waals surface area contributed by atoms with Gasteiger partial charge < -0.3 is 9.88 Å². The molecule has 0 unspecified atom stereocenters. The number of hydrazone groups is 1. The molecular weight excluding hydrogens is 316 g/mol. The van der Waals surface area contributed by atoms with E-state index in [1.165, 1.54) is 48.7 Å². The van der Waals surface area contributed by atoms with Crippen LogP contribution in [-0.4, -0.2) is 21.9 Å². The summed E-state index contributed by atoms with van der Waals surface area (Å²) in [5.74, 6) is 0. The summed E-state index contributed by atoms with van der Waals surface area (Å²) in [7, 11) is 0. The lowest BCUT2D eigenvalue weighted by Crippen LogP contribution is -2.40. The number of aryl methyl sites for hydroxylation is 1. The van der Waals surface area contributed by atoms with Gasteiger partial charge in [0.05, 0.1) is 6.21 Å². The van der Waals surface area contributed by atoms with Crippen LogP contribution in [0.25, 0.3) is 10.9 Å². The number of para-hydroxylation sites is 1. The van der Waals surface area contributed by atoms with Crippen LogP contribution < -0.4 is 10.7 Å². The molecule has 1 heterocycles. The van der Waals surface area contributed by atoms with Gasteiger partial charge in [0.15, 0.2) is 5.11 Å². The van der Waals surface area contributed by atoms with Crippen molar-refractivity contribution in [2.24, 2.45) is 5.10 Å². The molecule has 2 N–H and O–H groups in total. The first-order chi connectivity index (χ1) is 11.7. The SMILES string of the molecule is CCn1c(C)c(/C=N\NC(=S)NC2CCCCC2)c2ccccc21. The van der Waals surface area contributed by atoms with E-state index in [1.807, 2.05) is 6.21 Å². The number of thiocarbonyl (C=S) groups is 1. The first-order valence-electron chi connectivity index (χ1n) is 8.88. The average Bonchev–Trinajstić information content (AvgIpc) is 2.87. The molecule has 0 amide bonds. The predicted octanol–water partition coefficient (Wildman–Crippen LogP) is 4.10. The molecule has 2 aromatic rings. The Bertz CT molecular complexity index is 741. The molecule has 4 nitrogen and oxygen atoms in total. The summed E-state index contributed by atoms with van der Waals surface area (Å²) in [6.45, 7) is 5.26. The first kappa shape index (κ1) is 17.0. The van der Waals surface area contributed by atoms with Gasteiger partial charge in [-0.1, -0.05) is 37.5 Å². The highest BCUT2D eigenvalue weighted by molar-refractivity contribution is 7.80. The molecule has 1 saturated carbocycles. The highest BCUT2D eigenvalue weighted by Crippen LogP contribution is 2.24. The molecule has 0 aliphatic heterocycles. The van der Waals surface area contributed by atoms with E-state index in [4.69, 9.17) is 12.2 Å². The number of hydrogen-bond donors (Lipinski definition) is 2. The van der Waals surface area contributed by atoms with Crippen molar-refractivity contribution in [2.75, 3.05) is 0 Å². The van der Waals surface area contributed by atoms with E-state index in [-0.39, 0.29) is 0 Å². The molecule has 128 valence electrons. The second kappa shape index (κ2) is 7.79. The molecule has 5 heteroatoms. The Labute approximate surface area is 149 Å². The van der Waals surface area contributed by atoms with Crippen LogP contribution in [0.5, 0.6) is 0 Å². The van der Waals surface area contributed by atoms with E-state index in [1.54, 1.807) is 0 Å². The fourth-order valence-corrected chi connectivity index (χ4v) is 3.87. The quantitative estimate of drug-likeness (QED) is 0.499. The van der Waals surface area contributed by atoms with Crippen molar-refractivity contribution in [3.05, 3.63) is 35.5 Å². The van der Waals surface area contributed by atoms with Crippen LogP contribution in [0, 0.1) is 6.92 Å². The van der Waals surface area contributed by atoms with Gasteiger partial charge in [-0.25, -0.2) is 0 Å². The van der Waals surface area contributed by atoms with Crippen molar-refractivity contribution in [2.45, 2.75) is 58.5 Å². The number of rotatable bonds is 4. The van der Waals surface area contributed by atoms with Crippen molar-refractivity contribution >= 4 is 34.4 Å². The van der Waals surface area contributed by atoms with Crippen LogP contribution in [0.1, 0.15) is 50.3 Å². The van der Waals surface area contributed by atoms with Gasteiger partial charge in [0.1, 0.15) is 0 Å². The summed E-state index contributed by atoms with van der Waals surface area (Å²) >= 11 is 5.37. The Morgan fingerprint density at radius 2 is 2.04 bits per heavy atom. The molecule has 1 aromatic heterocycles. The summed E-state index contributed by atoms with van der Waals surface area (Å²) in [5, 5.41) is 9.60. The molecule has 1 aromatic carbocycles. The van der Waals surface area contributed by atoms with Gasteiger partial charge in [-0.2, -0.15) is 5.10 Å². The van der Waals surface area contributed by atoms with Crippen molar-refractivity contribution in [1.29, 1.82) is 0 Å². The van der Waals surface area contributed by atoms with Crippen LogP contribution in [0.4, 0.5) is 0 Å². The summed E-state index contributed by atoms with van der Waals surface area (Å²) in [6, 6.07) is 8.95. The van der Waals surface area contributed by atoms with Crippen molar-refractivity contribution in [3.63, 3.8) is 0 Å². The van der Waals surface area contributed by atoms with E-state index in [2.05, 4.69) is 58.5 Å². The lowest BCUT2D eigenvalue weighted by atomic mass is 9.96. The summed E-state index contributed by atoms with van der Waals surface area (Å²) in [4.78, 5) is 0. The Morgan fingerprint density at radius 3 is 2.79 bits per heavy atom. The smallest absolute Gasteiger partial charge is 0.187 e. The second-order valence-electron chi connectivity index (χ2n) is 6.44. The van der Waals surface area contributed by atoms with E-state index >= 15 is 0 Å². The normalized spacial score (nSPS) is 15.9. The average molecular weight is 343 g/mol. The van der Waals surface area contributed by atoms with Gasteiger partial charge in [-0.15, -0.1) is 0 Å². The van der Waals surface area contributed by atoms with Crippen molar-refractivity contribution in [1.82, 2.24) is 15.3 Å². The number of nitrogens with one attached hydrogen (secondary N) is 2. The Hall–Kier alpha value is -1.88. The summed E-state index contributed by atoms with van der Waals surface area (Å²) in [5.41, 5.74) is 6.61. The van der Waals surface area contributed by atoms with Gasteiger partial charge in [0.2, 0.25) is 0 Å². The van der Waals surface area contributed by atoms with Crippen molar-refractivity contribution < 1.29 is 0 Å². The Kier molecular flexibility index (Phi) is 5.51.